The van der Waals surface area contributed by atoms with E-state index < -0.39 is 0 Å². The van der Waals surface area contributed by atoms with E-state index in [1.54, 1.807) is 0 Å². The smallest absolute Gasteiger partial charge is 0.0562 e. The maximum absolute atomic E-state index is 2.50. The molecule has 52 heavy (non-hydrogen) atoms. The predicted molar refractivity (Wildman–Crippen MR) is 226 cm³/mol. The highest BCUT2D eigenvalue weighted by Crippen LogP contribution is 2.45. The van der Waals surface area contributed by atoms with E-state index in [1.807, 2.05) is 22.7 Å². The van der Waals surface area contributed by atoms with Crippen LogP contribution in [-0.2, 0) is 0 Å². The molecule has 0 spiro atoms. The number of thiophene rings is 2. The van der Waals surface area contributed by atoms with Gasteiger partial charge in [-0.15, -0.1) is 22.7 Å². The third-order valence-corrected chi connectivity index (χ3v) is 13.3. The van der Waals surface area contributed by atoms with Gasteiger partial charge in [-0.2, -0.15) is 0 Å². The molecule has 2 nitrogen and oxygen atoms in total. The highest BCUT2D eigenvalue weighted by atomic mass is 32.1. The predicted octanol–water partition coefficient (Wildman–Crippen LogP) is 14.3. The molecule has 8 aromatic carbocycles. The maximum atomic E-state index is 2.50. The van der Waals surface area contributed by atoms with Crippen molar-refractivity contribution >= 4 is 107 Å². The first-order chi connectivity index (χ1) is 25.8. The van der Waals surface area contributed by atoms with Gasteiger partial charge in [0.25, 0.3) is 0 Å². The SMILES string of the molecule is c1cc(-c2cccc3c2sc2ccccc23)cc(-n2c3cc(-n4c5ccccc5c5ccccc54)ccc3c3c4sc5ccccc5c4ccc32)c1. The van der Waals surface area contributed by atoms with E-state index >= 15 is 0 Å². The number of para-hydroxylation sites is 2. The van der Waals surface area contributed by atoms with E-state index in [4.69, 9.17) is 0 Å². The summed E-state index contributed by atoms with van der Waals surface area (Å²) in [6, 6.07) is 62.8. The monoisotopic (exact) mass is 696 g/mol. The summed E-state index contributed by atoms with van der Waals surface area (Å²) in [7, 11) is 0. The zero-order valence-corrected chi connectivity index (χ0v) is 29.5. The second-order valence-electron chi connectivity index (χ2n) is 13.7. The second kappa shape index (κ2) is 10.7. The zero-order valence-electron chi connectivity index (χ0n) is 27.9. The fraction of sp³-hybridized carbons (Fsp3) is 0. The van der Waals surface area contributed by atoms with Crippen molar-refractivity contribution in [2.45, 2.75) is 0 Å². The number of fused-ring (bicyclic) bond motifs is 13. The molecule has 242 valence electrons. The van der Waals surface area contributed by atoms with Crippen LogP contribution in [0.3, 0.4) is 0 Å². The Kier molecular flexibility index (Phi) is 5.84. The van der Waals surface area contributed by atoms with Gasteiger partial charge in [-0.05, 0) is 65.7 Å². The summed E-state index contributed by atoms with van der Waals surface area (Å²) < 4.78 is 10.3. The van der Waals surface area contributed by atoms with Crippen molar-refractivity contribution in [2.75, 3.05) is 0 Å². The van der Waals surface area contributed by atoms with Crippen molar-refractivity contribution in [2.24, 2.45) is 0 Å². The molecule has 12 aromatic rings. The van der Waals surface area contributed by atoms with Crippen LogP contribution in [-0.4, -0.2) is 9.13 Å². The van der Waals surface area contributed by atoms with E-state index in [9.17, 15) is 0 Å². The van der Waals surface area contributed by atoms with Crippen LogP contribution in [0.1, 0.15) is 0 Å². The zero-order chi connectivity index (χ0) is 33.9. The first-order valence-electron chi connectivity index (χ1n) is 17.7. The minimum Gasteiger partial charge on any atom is -0.309 e. The molecule has 0 radical (unpaired) electrons. The molecule has 0 aliphatic rings. The molecule has 0 bridgehead atoms. The van der Waals surface area contributed by atoms with Gasteiger partial charge in [-0.3, -0.25) is 0 Å². The molecule has 0 fully saturated rings. The molecule has 0 saturated carbocycles. The minimum atomic E-state index is 1.16. The highest BCUT2D eigenvalue weighted by molar-refractivity contribution is 7.27. The van der Waals surface area contributed by atoms with E-state index in [-0.39, 0.29) is 0 Å². The number of rotatable bonds is 3. The molecule has 4 heterocycles. The minimum absolute atomic E-state index is 1.16. The Hall–Kier alpha value is -6.20. The van der Waals surface area contributed by atoms with Crippen molar-refractivity contribution in [3.8, 4) is 22.5 Å². The van der Waals surface area contributed by atoms with Crippen molar-refractivity contribution in [1.82, 2.24) is 9.13 Å². The molecule has 4 heteroatoms. The summed E-state index contributed by atoms with van der Waals surface area (Å²) >= 11 is 3.80. The standard InChI is InChI=1S/C48H28N2S2/c1-5-19-40-33(13-1)34-14-2-6-20-41(34)49(40)31-23-24-39-43(28-31)50(42-26-25-38-36-16-4-8-22-45(36)52-48(38)46(39)42)30-12-9-11-29(27-30)32-17-10-18-37-35-15-3-7-21-44(35)51-47(32)37/h1-28H. The molecular weight excluding hydrogens is 669 g/mol. The van der Waals surface area contributed by atoms with Crippen LogP contribution in [0.5, 0.6) is 0 Å². The van der Waals surface area contributed by atoms with Gasteiger partial charge in [-0.1, -0.05) is 115 Å². The average Bonchev–Trinajstić information content (AvgIpc) is 3.95. The number of hydrogen-bond acceptors (Lipinski definition) is 2. The fourth-order valence-corrected chi connectivity index (χ4v) is 11.2. The van der Waals surface area contributed by atoms with Crippen LogP contribution in [0.15, 0.2) is 170 Å². The number of hydrogen-bond donors (Lipinski definition) is 0. The second-order valence-corrected chi connectivity index (χ2v) is 15.8. The van der Waals surface area contributed by atoms with Crippen LogP contribution in [0, 0.1) is 0 Å². The lowest BCUT2D eigenvalue weighted by atomic mass is 10.0. The van der Waals surface area contributed by atoms with E-state index in [2.05, 4.69) is 179 Å². The number of aromatic nitrogens is 2. The van der Waals surface area contributed by atoms with Crippen LogP contribution in [0.25, 0.3) is 106 Å². The lowest BCUT2D eigenvalue weighted by molar-refractivity contribution is 1.16. The summed E-state index contributed by atoms with van der Waals surface area (Å²) in [4.78, 5) is 0. The quantitative estimate of drug-likeness (QED) is 0.174. The Labute approximate surface area is 306 Å². The molecule has 0 aliphatic carbocycles. The molecule has 0 unspecified atom stereocenters. The molecule has 0 saturated heterocycles. The van der Waals surface area contributed by atoms with Crippen molar-refractivity contribution in [3.05, 3.63) is 170 Å². The third-order valence-electron chi connectivity index (χ3n) is 10.9. The molecule has 0 atom stereocenters. The Morgan fingerprint density at radius 2 is 0.885 bits per heavy atom. The topological polar surface area (TPSA) is 9.86 Å². The first kappa shape index (κ1) is 28.5. The van der Waals surface area contributed by atoms with Crippen LogP contribution in [0.4, 0.5) is 0 Å². The summed E-state index contributed by atoms with van der Waals surface area (Å²) in [6.07, 6.45) is 0. The van der Waals surface area contributed by atoms with Gasteiger partial charge in [-0.25, -0.2) is 0 Å². The number of nitrogens with zero attached hydrogens (tertiary/aromatic N) is 2. The van der Waals surface area contributed by atoms with Gasteiger partial charge >= 0.3 is 0 Å². The first-order valence-corrected chi connectivity index (χ1v) is 19.3. The average molecular weight is 697 g/mol. The van der Waals surface area contributed by atoms with Crippen LogP contribution in [0.2, 0.25) is 0 Å². The Morgan fingerprint density at radius 1 is 0.327 bits per heavy atom. The summed E-state index contributed by atoms with van der Waals surface area (Å²) in [5.41, 5.74) is 9.70. The van der Waals surface area contributed by atoms with Gasteiger partial charge in [0.1, 0.15) is 0 Å². The molecular formula is C48H28N2S2. The Balaban J connectivity index is 1.17. The molecule has 0 amide bonds. The van der Waals surface area contributed by atoms with Crippen LogP contribution >= 0.6 is 22.7 Å². The summed E-state index contributed by atoms with van der Waals surface area (Å²) in [5.74, 6) is 0. The van der Waals surface area contributed by atoms with Gasteiger partial charge < -0.3 is 9.13 Å². The fourth-order valence-electron chi connectivity index (χ4n) is 8.68. The van der Waals surface area contributed by atoms with Crippen molar-refractivity contribution in [3.63, 3.8) is 0 Å². The summed E-state index contributed by atoms with van der Waals surface area (Å²) in [6.45, 7) is 0. The molecule has 4 aromatic heterocycles. The third kappa shape index (κ3) is 3.88. The molecule has 0 aliphatic heterocycles. The van der Waals surface area contributed by atoms with Gasteiger partial charge in [0.05, 0.1) is 22.1 Å². The lowest BCUT2D eigenvalue weighted by Gasteiger charge is -2.13. The maximum Gasteiger partial charge on any atom is 0.0562 e. The van der Waals surface area contributed by atoms with E-state index in [1.165, 1.54) is 95.1 Å². The largest absolute Gasteiger partial charge is 0.309 e. The Morgan fingerprint density at radius 3 is 1.63 bits per heavy atom. The van der Waals surface area contributed by atoms with Gasteiger partial charge in [0, 0.05) is 73.3 Å². The molecule has 0 N–H and O–H groups in total. The Bertz CT molecular complexity index is 3370. The van der Waals surface area contributed by atoms with E-state index in [0.717, 1.165) is 11.4 Å². The van der Waals surface area contributed by atoms with Crippen molar-refractivity contribution < 1.29 is 0 Å². The molecule has 12 rings (SSSR count). The van der Waals surface area contributed by atoms with Gasteiger partial charge in [0.15, 0.2) is 0 Å². The van der Waals surface area contributed by atoms with Crippen molar-refractivity contribution in [1.29, 1.82) is 0 Å². The lowest BCUT2D eigenvalue weighted by Crippen LogP contribution is -1.97. The summed E-state index contributed by atoms with van der Waals surface area (Å²) in [5, 5.41) is 10.4. The number of benzene rings is 8. The normalized spacial score (nSPS) is 12.2. The van der Waals surface area contributed by atoms with Gasteiger partial charge in [0.2, 0.25) is 0 Å². The highest BCUT2D eigenvalue weighted by Gasteiger charge is 2.20. The van der Waals surface area contributed by atoms with Crippen LogP contribution < -0.4 is 0 Å². The van der Waals surface area contributed by atoms with E-state index in [0.29, 0.717) is 0 Å².